The zero-order valence-electron chi connectivity index (χ0n) is 10.5. The highest BCUT2D eigenvalue weighted by Gasteiger charge is 2.37. The van der Waals surface area contributed by atoms with Crippen molar-refractivity contribution >= 4 is 22.7 Å². The number of fused-ring (bicyclic) bond motifs is 1. The van der Waals surface area contributed by atoms with E-state index < -0.39 is 12.1 Å². The van der Waals surface area contributed by atoms with Crippen LogP contribution in [0.25, 0.3) is 11.1 Å². The maximum atomic E-state index is 12.4. The number of hydrogen-bond donors (Lipinski definition) is 2. The van der Waals surface area contributed by atoms with Gasteiger partial charge in [-0.2, -0.15) is 13.2 Å². The minimum absolute atomic E-state index is 0.0190. The summed E-state index contributed by atoms with van der Waals surface area (Å²) < 4.78 is 41.9. The Kier molecular flexibility index (Phi) is 3.93. The predicted octanol–water partition coefficient (Wildman–Crippen LogP) is 2.39. The molecule has 8 heteroatoms. The van der Waals surface area contributed by atoms with E-state index in [1.165, 1.54) is 18.2 Å². The lowest BCUT2D eigenvalue weighted by atomic mass is 10.2. The van der Waals surface area contributed by atoms with Crippen LogP contribution in [0.15, 0.2) is 22.6 Å². The molecule has 2 aromatic rings. The van der Waals surface area contributed by atoms with E-state index in [1.807, 2.05) is 0 Å². The minimum Gasteiger partial charge on any atom is -0.433 e. The van der Waals surface area contributed by atoms with Crippen LogP contribution in [0.2, 0.25) is 0 Å². The molecule has 0 bridgehead atoms. The highest BCUT2D eigenvalue weighted by atomic mass is 19.4. The molecule has 108 valence electrons. The molecule has 0 atom stereocenters. The molecule has 20 heavy (non-hydrogen) atoms. The van der Waals surface area contributed by atoms with Crippen molar-refractivity contribution in [2.75, 3.05) is 18.9 Å². The van der Waals surface area contributed by atoms with E-state index in [1.54, 1.807) is 7.05 Å². The fourth-order valence-electron chi connectivity index (χ4n) is 1.59. The van der Waals surface area contributed by atoms with E-state index in [0.717, 1.165) is 0 Å². The van der Waals surface area contributed by atoms with Gasteiger partial charge < -0.3 is 15.1 Å². The molecule has 5 nitrogen and oxygen atoms in total. The average molecular weight is 287 g/mol. The number of nitrogens with zero attached hydrogens (tertiary/aromatic N) is 1. The van der Waals surface area contributed by atoms with Gasteiger partial charge in [-0.05, 0) is 25.2 Å². The third kappa shape index (κ3) is 3.27. The number of rotatable bonds is 4. The van der Waals surface area contributed by atoms with Gasteiger partial charge in [0.25, 0.3) is 0 Å². The highest BCUT2D eigenvalue weighted by molar-refractivity contribution is 5.92. The molecule has 0 unspecified atom stereocenters. The van der Waals surface area contributed by atoms with Crippen molar-refractivity contribution in [2.45, 2.75) is 12.6 Å². The first-order valence-corrected chi connectivity index (χ1v) is 5.82. The number of amides is 1. The molecule has 0 aliphatic carbocycles. The molecule has 0 saturated carbocycles. The number of carbonyl (C=O) groups is 1. The predicted molar refractivity (Wildman–Crippen MR) is 66.2 cm³/mol. The van der Waals surface area contributed by atoms with E-state index >= 15 is 0 Å². The summed E-state index contributed by atoms with van der Waals surface area (Å²) in [6.45, 7) is 0.510. The van der Waals surface area contributed by atoms with E-state index in [9.17, 15) is 18.0 Å². The van der Waals surface area contributed by atoms with E-state index in [4.69, 9.17) is 0 Å². The third-order valence-electron chi connectivity index (χ3n) is 2.52. The molecular formula is C12H12F3N3O2. The molecule has 1 amide bonds. The first kappa shape index (κ1) is 14.3. The average Bonchev–Trinajstić information content (AvgIpc) is 2.79. The topological polar surface area (TPSA) is 67.2 Å². The zero-order valence-corrected chi connectivity index (χ0v) is 10.5. The maximum absolute atomic E-state index is 12.4. The van der Waals surface area contributed by atoms with E-state index in [0.29, 0.717) is 12.2 Å². The molecule has 1 heterocycles. The summed E-state index contributed by atoms with van der Waals surface area (Å²) in [6.07, 6.45) is -4.36. The lowest BCUT2D eigenvalue weighted by Crippen LogP contribution is -2.18. The van der Waals surface area contributed by atoms with Crippen LogP contribution in [0.3, 0.4) is 0 Å². The Bertz CT molecular complexity index is 622. The van der Waals surface area contributed by atoms with Crippen LogP contribution in [0.4, 0.5) is 18.9 Å². The van der Waals surface area contributed by atoms with Crippen molar-refractivity contribution < 1.29 is 22.4 Å². The Balaban J connectivity index is 2.19. The number of oxazole rings is 1. The molecule has 0 aliphatic rings. The fourth-order valence-corrected chi connectivity index (χ4v) is 1.59. The number of alkyl halides is 3. The summed E-state index contributed by atoms with van der Waals surface area (Å²) in [5.74, 6) is -1.54. The van der Waals surface area contributed by atoms with Gasteiger partial charge in [0.05, 0.1) is 0 Å². The second-order valence-electron chi connectivity index (χ2n) is 4.10. The number of halogens is 3. The second-order valence-corrected chi connectivity index (χ2v) is 4.10. The van der Waals surface area contributed by atoms with Crippen LogP contribution in [-0.4, -0.2) is 24.5 Å². The number of aromatic nitrogens is 1. The summed E-state index contributed by atoms with van der Waals surface area (Å²) in [6, 6.07) is 4.14. The number of carbonyl (C=O) groups excluding carboxylic acids is 1. The lowest BCUT2D eigenvalue weighted by molar-refractivity contribution is -0.156. The quantitative estimate of drug-likeness (QED) is 0.906. The van der Waals surface area contributed by atoms with Gasteiger partial charge >= 0.3 is 12.1 Å². The van der Waals surface area contributed by atoms with Crippen LogP contribution in [0.5, 0.6) is 0 Å². The molecule has 0 fully saturated rings. The zero-order chi connectivity index (χ0) is 14.8. The Morgan fingerprint density at radius 2 is 2.15 bits per heavy atom. The second kappa shape index (κ2) is 5.49. The van der Waals surface area contributed by atoms with Crippen molar-refractivity contribution in [1.29, 1.82) is 0 Å². The van der Waals surface area contributed by atoms with Crippen LogP contribution in [-0.2, 0) is 11.0 Å². The number of nitrogens with one attached hydrogen (secondary N) is 2. The molecule has 1 aromatic heterocycles. The van der Waals surface area contributed by atoms with Crippen molar-refractivity contribution in [3.8, 4) is 0 Å². The Morgan fingerprint density at radius 3 is 2.80 bits per heavy atom. The molecular weight excluding hydrogens is 275 g/mol. The smallest absolute Gasteiger partial charge is 0.433 e. The van der Waals surface area contributed by atoms with Crippen molar-refractivity contribution in [3.05, 3.63) is 24.1 Å². The van der Waals surface area contributed by atoms with Gasteiger partial charge in [0.15, 0.2) is 5.58 Å². The minimum atomic E-state index is -4.63. The van der Waals surface area contributed by atoms with Crippen molar-refractivity contribution in [1.82, 2.24) is 10.3 Å². The SMILES string of the molecule is CNCCC(=O)Nc1ccc2oc(C(F)(F)F)nc2c1. The molecule has 1 aromatic carbocycles. The van der Waals surface area contributed by atoms with Gasteiger partial charge in [-0.15, -0.1) is 0 Å². The van der Waals surface area contributed by atoms with Crippen molar-refractivity contribution in [3.63, 3.8) is 0 Å². The van der Waals surface area contributed by atoms with E-state index in [2.05, 4.69) is 20.0 Å². The van der Waals surface area contributed by atoms with Gasteiger partial charge in [0, 0.05) is 18.7 Å². The van der Waals surface area contributed by atoms with Gasteiger partial charge in [-0.25, -0.2) is 4.98 Å². The normalized spacial score (nSPS) is 11.8. The Morgan fingerprint density at radius 1 is 1.40 bits per heavy atom. The van der Waals surface area contributed by atoms with Crippen LogP contribution in [0.1, 0.15) is 12.3 Å². The summed E-state index contributed by atoms with van der Waals surface area (Å²) in [4.78, 5) is 14.9. The van der Waals surface area contributed by atoms with Gasteiger partial charge in [0.2, 0.25) is 5.91 Å². The largest absolute Gasteiger partial charge is 0.468 e. The Hall–Kier alpha value is -2.09. The maximum Gasteiger partial charge on any atom is 0.468 e. The molecule has 0 radical (unpaired) electrons. The van der Waals surface area contributed by atoms with Crippen LogP contribution in [0, 0.1) is 0 Å². The third-order valence-corrected chi connectivity index (χ3v) is 2.52. The van der Waals surface area contributed by atoms with Crippen LogP contribution >= 0.6 is 0 Å². The van der Waals surface area contributed by atoms with Crippen molar-refractivity contribution in [2.24, 2.45) is 0 Å². The van der Waals surface area contributed by atoms with Gasteiger partial charge in [-0.3, -0.25) is 4.79 Å². The summed E-state index contributed by atoms with van der Waals surface area (Å²) in [7, 11) is 1.72. The fraction of sp³-hybridized carbons (Fsp3) is 0.333. The molecule has 2 rings (SSSR count). The summed E-state index contributed by atoms with van der Waals surface area (Å²) in [5.41, 5.74) is 0.440. The van der Waals surface area contributed by atoms with Gasteiger partial charge in [-0.1, -0.05) is 0 Å². The summed E-state index contributed by atoms with van der Waals surface area (Å²) >= 11 is 0. The monoisotopic (exact) mass is 287 g/mol. The summed E-state index contributed by atoms with van der Waals surface area (Å²) in [5, 5.41) is 5.40. The Labute approximate surface area is 112 Å². The van der Waals surface area contributed by atoms with E-state index in [-0.39, 0.29) is 23.4 Å². The number of anilines is 1. The molecule has 2 N–H and O–H groups in total. The molecule has 0 spiro atoms. The molecule has 0 aliphatic heterocycles. The lowest BCUT2D eigenvalue weighted by Gasteiger charge is -2.04. The first-order valence-electron chi connectivity index (χ1n) is 5.82. The van der Waals surface area contributed by atoms with Gasteiger partial charge in [0.1, 0.15) is 5.52 Å². The molecule has 0 saturated heterocycles. The highest BCUT2D eigenvalue weighted by Crippen LogP contribution is 2.31. The first-order chi connectivity index (χ1) is 9.40. The standard InChI is InChI=1S/C12H12F3N3O2/c1-16-5-4-10(19)17-7-2-3-9-8(6-7)18-11(20-9)12(13,14)15/h2-3,6,16H,4-5H2,1H3,(H,17,19). The number of benzene rings is 1. The number of hydrogen-bond acceptors (Lipinski definition) is 4. The van der Waals surface area contributed by atoms with Crippen LogP contribution < -0.4 is 10.6 Å².